The van der Waals surface area contributed by atoms with E-state index in [1.807, 2.05) is 30.3 Å². The monoisotopic (exact) mass is 366 g/mol. The number of hydrogen-bond donors (Lipinski definition) is 0. The highest BCUT2D eigenvalue weighted by molar-refractivity contribution is 5.89. The minimum absolute atomic E-state index is 0.103. The van der Waals surface area contributed by atoms with Crippen molar-refractivity contribution in [2.24, 2.45) is 0 Å². The lowest BCUT2D eigenvalue weighted by molar-refractivity contribution is -0.134. The van der Waals surface area contributed by atoms with E-state index in [4.69, 9.17) is 9.26 Å². The highest BCUT2D eigenvalue weighted by atomic mass is 16.5. The van der Waals surface area contributed by atoms with Gasteiger partial charge in [0.1, 0.15) is 5.75 Å². The second-order valence-corrected chi connectivity index (χ2v) is 5.76. The first-order chi connectivity index (χ1) is 13.1. The van der Waals surface area contributed by atoms with Crippen LogP contribution in [-0.4, -0.2) is 29.2 Å². The number of carbonyl (C=O) groups is 2. The summed E-state index contributed by atoms with van der Waals surface area (Å²) in [6.45, 7) is 0. The summed E-state index contributed by atoms with van der Waals surface area (Å²) in [6.07, 6.45) is 0.966. The first-order valence-corrected chi connectivity index (χ1v) is 8.38. The van der Waals surface area contributed by atoms with Gasteiger partial charge in [-0.05, 0) is 29.8 Å². The van der Waals surface area contributed by atoms with Crippen LogP contribution < -0.4 is 4.74 Å². The molecule has 1 heterocycles. The van der Waals surface area contributed by atoms with Gasteiger partial charge in [0, 0.05) is 12.8 Å². The molecule has 2 aromatic carbocycles. The Morgan fingerprint density at radius 2 is 1.78 bits per heavy atom. The molecule has 0 spiro atoms. The Labute approximate surface area is 155 Å². The van der Waals surface area contributed by atoms with Crippen LogP contribution in [0.5, 0.6) is 5.75 Å². The molecule has 0 aliphatic heterocycles. The van der Waals surface area contributed by atoms with Gasteiger partial charge in [-0.25, -0.2) is 4.79 Å². The van der Waals surface area contributed by atoms with E-state index in [9.17, 15) is 9.59 Å². The second kappa shape index (κ2) is 8.75. The number of aryl methyl sites for hydroxylation is 1. The molecule has 0 radical (unpaired) electrons. The molecule has 1 aromatic heterocycles. The molecule has 27 heavy (non-hydrogen) atoms. The Bertz CT molecular complexity index is 904. The maximum Gasteiger partial charge on any atom is 0.337 e. The quantitative estimate of drug-likeness (QED) is 0.469. The lowest BCUT2D eigenvalue weighted by atomic mass is 10.1. The molecule has 138 valence electrons. The number of nitrogens with zero attached hydrogens (tertiary/aromatic N) is 2. The number of carbonyl (C=O) groups excluding carboxylic acids is 2. The highest BCUT2D eigenvalue weighted by Gasteiger charge is 2.12. The molecule has 0 aliphatic carbocycles. The molecular formula is C20H18N2O5. The Morgan fingerprint density at radius 3 is 2.48 bits per heavy atom. The van der Waals surface area contributed by atoms with Crippen LogP contribution in [-0.2, 0) is 22.4 Å². The molecule has 0 unspecified atom stereocenters. The topological polar surface area (TPSA) is 91.5 Å². The number of rotatable bonds is 7. The zero-order chi connectivity index (χ0) is 19.1. The molecule has 0 N–H and O–H groups in total. The van der Waals surface area contributed by atoms with E-state index in [1.165, 1.54) is 31.4 Å². The zero-order valence-corrected chi connectivity index (χ0v) is 14.8. The SMILES string of the molecule is COC(=O)c1ccc(OC(=O)CCc2nc(Cc3ccccc3)no2)cc1. The molecule has 7 nitrogen and oxygen atoms in total. The fourth-order valence-corrected chi connectivity index (χ4v) is 2.41. The number of esters is 2. The molecule has 3 aromatic rings. The summed E-state index contributed by atoms with van der Waals surface area (Å²) in [4.78, 5) is 27.6. The van der Waals surface area contributed by atoms with E-state index in [0.717, 1.165) is 5.56 Å². The van der Waals surface area contributed by atoms with Crippen LogP contribution in [0.1, 0.15) is 34.1 Å². The lowest BCUT2D eigenvalue weighted by Gasteiger charge is -2.04. The van der Waals surface area contributed by atoms with Gasteiger partial charge in [0.25, 0.3) is 0 Å². The molecule has 0 fully saturated rings. The van der Waals surface area contributed by atoms with Crippen LogP contribution in [0.25, 0.3) is 0 Å². The smallest absolute Gasteiger partial charge is 0.337 e. The normalized spacial score (nSPS) is 10.4. The van der Waals surface area contributed by atoms with Crippen LogP contribution in [0.4, 0.5) is 0 Å². The van der Waals surface area contributed by atoms with Crippen LogP contribution in [0.2, 0.25) is 0 Å². The Morgan fingerprint density at radius 1 is 1.04 bits per heavy atom. The molecule has 0 atom stereocenters. The number of methoxy groups -OCH3 is 1. The van der Waals surface area contributed by atoms with Crippen molar-refractivity contribution >= 4 is 11.9 Å². The first-order valence-electron chi connectivity index (χ1n) is 8.38. The van der Waals surface area contributed by atoms with Crippen LogP contribution >= 0.6 is 0 Å². The van der Waals surface area contributed by atoms with E-state index < -0.39 is 11.9 Å². The molecule has 3 rings (SSSR count). The Kier molecular flexibility index (Phi) is 5.94. The largest absolute Gasteiger partial charge is 0.465 e. The van der Waals surface area contributed by atoms with Gasteiger partial charge in [-0.3, -0.25) is 4.79 Å². The van der Waals surface area contributed by atoms with Crippen LogP contribution in [0.15, 0.2) is 59.1 Å². The minimum Gasteiger partial charge on any atom is -0.465 e. The van der Waals surface area contributed by atoms with E-state index >= 15 is 0 Å². The third-order valence-electron chi connectivity index (χ3n) is 3.77. The van der Waals surface area contributed by atoms with Gasteiger partial charge in [-0.2, -0.15) is 4.98 Å². The third-order valence-corrected chi connectivity index (χ3v) is 3.77. The van der Waals surface area contributed by atoms with E-state index in [2.05, 4.69) is 14.9 Å². The lowest BCUT2D eigenvalue weighted by Crippen LogP contribution is -2.09. The van der Waals surface area contributed by atoms with E-state index in [-0.39, 0.29) is 6.42 Å². The van der Waals surface area contributed by atoms with Crippen molar-refractivity contribution in [3.63, 3.8) is 0 Å². The first kappa shape index (κ1) is 18.3. The maximum atomic E-state index is 12.0. The fraction of sp³-hybridized carbons (Fsp3) is 0.200. The van der Waals surface area contributed by atoms with Crippen molar-refractivity contribution in [1.82, 2.24) is 10.1 Å². The van der Waals surface area contributed by atoms with Crippen molar-refractivity contribution in [1.29, 1.82) is 0 Å². The van der Waals surface area contributed by atoms with Gasteiger partial charge >= 0.3 is 11.9 Å². The predicted molar refractivity (Wildman–Crippen MR) is 95.3 cm³/mol. The molecule has 0 amide bonds. The Balaban J connectivity index is 1.48. The number of aromatic nitrogens is 2. The summed E-state index contributed by atoms with van der Waals surface area (Å²) in [6, 6.07) is 15.9. The summed E-state index contributed by atoms with van der Waals surface area (Å²) >= 11 is 0. The number of benzene rings is 2. The predicted octanol–water partition coefficient (Wildman–Crippen LogP) is 2.99. The van der Waals surface area contributed by atoms with Crippen molar-refractivity contribution in [3.05, 3.63) is 77.4 Å². The standard InChI is InChI=1S/C20H18N2O5/c1-25-20(24)15-7-9-16(10-8-15)26-19(23)12-11-18-21-17(22-27-18)13-14-5-3-2-4-6-14/h2-10H,11-13H2,1H3. The van der Waals surface area contributed by atoms with Crippen molar-refractivity contribution in [2.45, 2.75) is 19.3 Å². The summed E-state index contributed by atoms with van der Waals surface area (Å²) in [7, 11) is 1.30. The molecule has 0 bridgehead atoms. The van der Waals surface area contributed by atoms with Crippen LogP contribution in [0, 0.1) is 0 Å². The van der Waals surface area contributed by atoms with Crippen molar-refractivity contribution in [3.8, 4) is 5.75 Å². The van der Waals surface area contributed by atoms with Gasteiger partial charge in [0.15, 0.2) is 5.82 Å². The van der Waals surface area contributed by atoms with Crippen molar-refractivity contribution in [2.75, 3.05) is 7.11 Å². The molecular weight excluding hydrogens is 348 g/mol. The summed E-state index contributed by atoms with van der Waals surface area (Å²) in [5, 5.41) is 3.93. The summed E-state index contributed by atoms with van der Waals surface area (Å²) in [5.41, 5.74) is 1.47. The molecule has 0 saturated heterocycles. The third kappa shape index (κ3) is 5.24. The summed E-state index contributed by atoms with van der Waals surface area (Å²) in [5.74, 6) is 0.434. The molecule has 0 aliphatic rings. The van der Waals surface area contributed by atoms with Crippen LogP contribution in [0.3, 0.4) is 0 Å². The van der Waals surface area contributed by atoms with Gasteiger partial charge in [-0.15, -0.1) is 0 Å². The molecule has 0 saturated carbocycles. The minimum atomic E-state index is -0.449. The van der Waals surface area contributed by atoms with Gasteiger partial charge < -0.3 is 14.0 Å². The Hall–Kier alpha value is -3.48. The summed E-state index contributed by atoms with van der Waals surface area (Å²) < 4.78 is 15.0. The number of hydrogen-bond acceptors (Lipinski definition) is 7. The zero-order valence-electron chi connectivity index (χ0n) is 14.8. The highest BCUT2D eigenvalue weighted by Crippen LogP contribution is 2.14. The average Bonchev–Trinajstić information content (AvgIpc) is 3.14. The number of ether oxygens (including phenoxy) is 2. The maximum absolute atomic E-state index is 12.0. The average molecular weight is 366 g/mol. The van der Waals surface area contributed by atoms with Gasteiger partial charge in [0.05, 0.1) is 19.1 Å². The van der Waals surface area contributed by atoms with E-state index in [0.29, 0.717) is 35.9 Å². The fourth-order valence-electron chi connectivity index (χ4n) is 2.41. The van der Waals surface area contributed by atoms with Crippen molar-refractivity contribution < 1.29 is 23.6 Å². The van der Waals surface area contributed by atoms with Gasteiger partial charge in [-0.1, -0.05) is 35.5 Å². The van der Waals surface area contributed by atoms with E-state index in [1.54, 1.807) is 0 Å². The molecule has 7 heteroatoms. The van der Waals surface area contributed by atoms with Gasteiger partial charge in [0.2, 0.25) is 5.89 Å². The second-order valence-electron chi connectivity index (χ2n) is 5.76.